The van der Waals surface area contributed by atoms with Crippen LogP contribution in [-0.2, 0) is 4.79 Å². The van der Waals surface area contributed by atoms with Gasteiger partial charge in [-0.1, -0.05) is 6.42 Å². The van der Waals surface area contributed by atoms with Gasteiger partial charge >= 0.3 is 0 Å². The number of hydrogen-bond acceptors (Lipinski definition) is 3. The fourth-order valence-corrected chi connectivity index (χ4v) is 4.52. The highest BCUT2D eigenvalue weighted by molar-refractivity contribution is 5.85. The lowest BCUT2D eigenvalue weighted by Crippen LogP contribution is -2.44. The van der Waals surface area contributed by atoms with Crippen molar-refractivity contribution in [3.05, 3.63) is 0 Å². The molecule has 5 unspecified atom stereocenters. The molecule has 2 saturated carbocycles. The van der Waals surface area contributed by atoms with Crippen LogP contribution >= 0.6 is 12.4 Å². The molecular formula is C15H28ClN3O. The molecule has 1 saturated heterocycles. The minimum absolute atomic E-state index is 0. The fraction of sp³-hybridized carbons (Fsp3) is 0.933. The molecule has 0 radical (unpaired) electrons. The summed E-state index contributed by atoms with van der Waals surface area (Å²) < 4.78 is 0. The third kappa shape index (κ3) is 3.46. The Kier molecular flexibility index (Phi) is 5.32. The number of carbonyl (C=O) groups is 1. The first-order chi connectivity index (χ1) is 9.11. The van der Waals surface area contributed by atoms with E-state index < -0.39 is 0 Å². The first kappa shape index (κ1) is 16.1. The normalized spacial score (nSPS) is 37.7. The molecule has 3 rings (SSSR count). The van der Waals surface area contributed by atoms with Gasteiger partial charge in [-0.25, -0.2) is 0 Å². The number of hydrogen-bond donors (Lipinski definition) is 2. The summed E-state index contributed by atoms with van der Waals surface area (Å²) in [4.78, 5) is 14.3. The predicted octanol–water partition coefficient (Wildman–Crippen LogP) is 1.38. The summed E-state index contributed by atoms with van der Waals surface area (Å²) in [6.45, 7) is 4.56. The Morgan fingerprint density at radius 2 is 2.15 bits per heavy atom. The number of fused-ring (bicyclic) bond motifs is 2. The molecule has 2 bridgehead atoms. The van der Waals surface area contributed by atoms with E-state index in [1.807, 2.05) is 0 Å². The molecule has 2 aliphatic carbocycles. The van der Waals surface area contributed by atoms with Gasteiger partial charge in [-0.3, -0.25) is 9.69 Å². The Bertz CT molecular complexity index is 352. The van der Waals surface area contributed by atoms with Gasteiger partial charge in [0, 0.05) is 25.2 Å². The average Bonchev–Trinajstić information content (AvgIpc) is 3.05. The lowest BCUT2D eigenvalue weighted by atomic mass is 9.84. The van der Waals surface area contributed by atoms with Crippen molar-refractivity contribution >= 4 is 18.3 Å². The van der Waals surface area contributed by atoms with Crippen molar-refractivity contribution in [2.75, 3.05) is 19.6 Å². The number of halogens is 1. The van der Waals surface area contributed by atoms with E-state index in [4.69, 9.17) is 5.73 Å². The maximum Gasteiger partial charge on any atom is 0.234 e. The predicted molar refractivity (Wildman–Crippen MR) is 82.8 cm³/mol. The maximum absolute atomic E-state index is 12.1. The topological polar surface area (TPSA) is 58.4 Å². The summed E-state index contributed by atoms with van der Waals surface area (Å²) in [7, 11) is 0. The highest BCUT2D eigenvalue weighted by atomic mass is 35.5. The molecule has 5 atom stereocenters. The molecule has 3 fully saturated rings. The molecule has 116 valence electrons. The van der Waals surface area contributed by atoms with Crippen molar-refractivity contribution in [1.82, 2.24) is 10.2 Å². The van der Waals surface area contributed by atoms with Crippen molar-refractivity contribution in [1.29, 1.82) is 0 Å². The van der Waals surface area contributed by atoms with E-state index in [9.17, 15) is 4.79 Å². The third-order valence-corrected chi connectivity index (χ3v) is 5.50. The van der Waals surface area contributed by atoms with Crippen LogP contribution in [0.25, 0.3) is 0 Å². The zero-order chi connectivity index (χ0) is 13.4. The van der Waals surface area contributed by atoms with Gasteiger partial charge in [-0.2, -0.15) is 0 Å². The van der Waals surface area contributed by atoms with Crippen LogP contribution in [0.15, 0.2) is 0 Å². The first-order valence-corrected chi connectivity index (χ1v) is 7.89. The Hall–Kier alpha value is -0.320. The van der Waals surface area contributed by atoms with Crippen LogP contribution < -0.4 is 11.1 Å². The van der Waals surface area contributed by atoms with E-state index >= 15 is 0 Å². The van der Waals surface area contributed by atoms with Gasteiger partial charge in [0.05, 0.1) is 6.54 Å². The van der Waals surface area contributed by atoms with E-state index in [2.05, 4.69) is 17.1 Å². The molecule has 0 spiro atoms. The van der Waals surface area contributed by atoms with Gasteiger partial charge < -0.3 is 11.1 Å². The van der Waals surface area contributed by atoms with Crippen LogP contribution in [0.3, 0.4) is 0 Å². The second kappa shape index (κ2) is 6.63. The average molecular weight is 302 g/mol. The van der Waals surface area contributed by atoms with Crippen molar-refractivity contribution in [2.24, 2.45) is 23.5 Å². The molecule has 0 aromatic heterocycles. The minimum Gasteiger partial charge on any atom is -0.352 e. The largest absolute Gasteiger partial charge is 0.352 e. The zero-order valence-corrected chi connectivity index (χ0v) is 13.2. The van der Waals surface area contributed by atoms with Crippen LogP contribution in [0.2, 0.25) is 0 Å². The number of rotatable bonds is 4. The molecule has 0 aromatic carbocycles. The van der Waals surface area contributed by atoms with Gasteiger partial charge in [-0.15, -0.1) is 12.4 Å². The molecule has 1 amide bonds. The first-order valence-electron chi connectivity index (χ1n) is 7.89. The second-order valence-electron chi connectivity index (χ2n) is 6.98. The number of likely N-dealkylation sites (tertiary alicyclic amines) is 1. The maximum atomic E-state index is 12.1. The number of carbonyl (C=O) groups excluding carboxylic acids is 1. The van der Waals surface area contributed by atoms with E-state index in [0.29, 0.717) is 12.6 Å². The summed E-state index contributed by atoms with van der Waals surface area (Å²) in [5.74, 6) is 2.74. The lowest BCUT2D eigenvalue weighted by Gasteiger charge is -2.29. The van der Waals surface area contributed by atoms with Crippen molar-refractivity contribution < 1.29 is 4.79 Å². The van der Waals surface area contributed by atoms with Crippen LogP contribution in [0, 0.1) is 17.8 Å². The lowest BCUT2D eigenvalue weighted by molar-refractivity contribution is -0.123. The van der Waals surface area contributed by atoms with Crippen molar-refractivity contribution in [3.8, 4) is 0 Å². The highest BCUT2D eigenvalue weighted by Crippen LogP contribution is 2.49. The van der Waals surface area contributed by atoms with E-state index in [1.165, 1.54) is 25.7 Å². The fourth-order valence-electron chi connectivity index (χ4n) is 4.52. The third-order valence-electron chi connectivity index (χ3n) is 5.50. The number of nitrogens with one attached hydrogen (secondary N) is 1. The number of nitrogens with zero attached hydrogens (tertiary/aromatic N) is 1. The minimum atomic E-state index is 0. The molecular weight excluding hydrogens is 274 g/mol. The summed E-state index contributed by atoms with van der Waals surface area (Å²) >= 11 is 0. The van der Waals surface area contributed by atoms with Crippen LogP contribution in [0.4, 0.5) is 0 Å². The van der Waals surface area contributed by atoms with Crippen LogP contribution in [-0.4, -0.2) is 42.5 Å². The monoisotopic (exact) mass is 301 g/mol. The second-order valence-corrected chi connectivity index (χ2v) is 6.98. The molecule has 3 N–H and O–H groups in total. The SMILES string of the molecule is CC(NC(=O)CN1CCC(N)C1)C1CC2CCC1C2.Cl. The summed E-state index contributed by atoms with van der Waals surface area (Å²) in [5.41, 5.74) is 5.87. The Balaban J connectivity index is 0.00000147. The van der Waals surface area contributed by atoms with Crippen molar-refractivity contribution in [2.45, 2.75) is 51.1 Å². The van der Waals surface area contributed by atoms with Gasteiger partial charge in [0.2, 0.25) is 5.91 Å². The summed E-state index contributed by atoms with van der Waals surface area (Å²) in [6, 6.07) is 0.606. The van der Waals surface area contributed by atoms with E-state index in [1.54, 1.807) is 0 Å². The number of amides is 1. The van der Waals surface area contributed by atoms with E-state index in [-0.39, 0.29) is 24.4 Å². The molecule has 5 heteroatoms. The van der Waals surface area contributed by atoms with E-state index in [0.717, 1.165) is 37.3 Å². The molecule has 4 nitrogen and oxygen atoms in total. The Morgan fingerprint density at radius 3 is 2.70 bits per heavy atom. The van der Waals surface area contributed by atoms with Crippen LogP contribution in [0.5, 0.6) is 0 Å². The molecule has 0 aromatic rings. The molecule has 20 heavy (non-hydrogen) atoms. The summed E-state index contributed by atoms with van der Waals surface area (Å²) in [5, 5.41) is 3.23. The van der Waals surface area contributed by atoms with Crippen LogP contribution in [0.1, 0.15) is 39.0 Å². The quantitative estimate of drug-likeness (QED) is 0.825. The highest BCUT2D eigenvalue weighted by Gasteiger charge is 2.42. The van der Waals surface area contributed by atoms with Gasteiger partial charge in [-0.05, 0) is 50.4 Å². The molecule has 3 aliphatic rings. The zero-order valence-electron chi connectivity index (χ0n) is 12.4. The smallest absolute Gasteiger partial charge is 0.234 e. The standard InChI is InChI=1S/C15H27N3O.ClH/c1-10(14-7-11-2-3-12(14)6-11)17-15(19)9-18-5-4-13(16)8-18;/h10-14H,2-9,16H2,1H3,(H,17,19);1H. The molecule has 1 aliphatic heterocycles. The van der Waals surface area contributed by atoms with Gasteiger partial charge in [0.15, 0.2) is 0 Å². The summed E-state index contributed by atoms with van der Waals surface area (Å²) in [6.07, 6.45) is 6.58. The Labute approximate surface area is 128 Å². The Morgan fingerprint density at radius 1 is 1.35 bits per heavy atom. The molecule has 1 heterocycles. The van der Waals surface area contributed by atoms with Crippen molar-refractivity contribution in [3.63, 3.8) is 0 Å². The van der Waals surface area contributed by atoms with Gasteiger partial charge in [0.25, 0.3) is 0 Å². The van der Waals surface area contributed by atoms with Gasteiger partial charge in [0.1, 0.15) is 0 Å². The number of nitrogens with two attached hydrogens (primary N) is 1.